The van der Waals surface area contributed by atoms with Gasteiger partial charge in [-0.2, -0.15) is 0 Å². The van der Waals surface area contributed by atoms with E-state index < -0.39 is 17.0 Å². The maximum Gasteiger partial charge on any atom is 0.308 e. The molecule has 1 N–H and O–H groups in total. The van der Waals surface area contributed by atoms with Crippen molar-refractivity contribution in [3.8, 4) is 0 Å². The Morgan fingerprint density at radius 1 is 1.59 bits per heavy atom. The standard InChI is InChI=1S/C11H13NO5/c1-2-17-11(14)7-10(13)8-4-3-5-9(6-8)12(15)16/h3-6,10,13H,2,7H2,1H3/t10-/m1/s1. The molecule has 0 heterocycles. The van der Waals surface area contributed by atoms with E-state index in [1.54, 1.807) is 6.92 Å². The molecule has 17 heavy (non-hydrogen) atoms. The van der Waals surface area contributed by atoms with E-state index in [2.05, 4.69) is 4.74 Å². The molecule has 1 aromatic rings. The van der Waals surface area contributed by atoms with Crippen molar-refractivity contribution < 1.29 is 19.6 Å². The molecule has 6 nitrogen and oxygen atoms in total. The maximum absolute atomic E-state index is 11.1. The van der Waals surface area contributed by atoms with Crippen molar-refractivity contribution in [3.63, 3.8) is 0 Å². The number of hydrogen-bond donors (Lipinski definition) is 1. The van der Waals surface area contributed by atoms with Crippen molar-refractivity contribution in [2.24, 2.45) is 0 Å². The summed E-state index contributed by atoms with van der Waals surface area (Å²) < 4.78 is 4.68. The molecule has 0 bridgehead atoms. The first-order valence-electron chi connectivity index (χ1n) is 5.12. The molecule has 6 heteroatoms. The van der Waals surface area contributed by atoms with Gasteiger partial charge in [0, 0.05) is 12.1 Å². The third-order valence-electron chi connectivity index (χ3n) is 2.13. The van der Waals surface area contributed by atoms with Gasteiger partial charge in [0.1, 0.15) is 0 Å². The number of carbonyl (C=O) groups is 1. The zero-order valence-corrected chi connectivity index (χ0v) is 9.33. The average molecular weight is 239 g/mol. The molecule has 0 aromatic heterocycles. The molecule has 0 radical (unpaired) electrons. The zero-order valence-electron chi connectivity index (χ0n) is 9.33. The first-order chi connectivity index (χ1) is 8.04. The highest BCUT2D eigenvalue weighted by molar-refractivity contribution is 5.70. The Balaban J connectivity index is 2.75. The van der Waals surface area contributed by atoms with Crippen LogP contribution in [0, 0.1) is 10.1 Å². The Hall–Kier alpha value is -1.95. The number of benzene rings is 1. The van der Waals surface area contributed by atoms with Crippen LogP contribution in [0.4, 0.5) is 5.69 Å². The third kappa shape index (κ3) is 3.84. The number of ether oxygens (including phenoxy) is 1. The number of hydrogen-bond acceptors (Lipinski definition) is 5. The summed E-state index contributed by atoms with van der Waals surface area (Å²) in [7, 11) is 0. The van der Waals surface area contributed by atoms with Gasteiger partial charge in [0.15, 0.2) is 0 Å². The molecule has 1 aromatic carbocycles. The SMILES string of the molecule is CCOC(=O)C[C@@H](O)c1cccc([N+](=O)[O-])c1. The summed E-state index contributed by atoms with van der Waals surface area (Å²) in [5.41, 5.74) is 0.206. The van der Waals surface area contributed by atoms with Gasteiger partial charge in [-0.05, 0) is 12.5 Å². The van der Waals surface area contributed by atoms with Crippen molar-refractivity contribution in [1.29, 1.82) is 0 Å². The van der Waals surface area contributed by atoms with Crippen molar-refractivity contribution >= 4 is 11.7 Å². The summed E-state index contributed by atoms with van der Waals surface area (Å²) >= 11 is 0. The number of nitro groups is 1. The summed E-state index contributed by atoms with van der Waals surface area (Å²) in [6.07, 6.45) is -1.30. The van der Waals surface area contributed by atoms with Crippen molar-refractivity contribution in [2.45, 2.75) is 19.4 Å². The number of non-ortho nitro benzene ring substituents is 1. The van der Waals surface area contributed by atoms with Gasteiger partial charge in [-0.25, -0.2) is 0 Å². The lowest BCUT2D eigenvalue weighted by Gasteiger charge is -2.09. The fourth-order valence-corrected chi connectivity index (χ4v) is 1.34. The third-order valence-corrected chi connectivity index (χ3v) is 2.13. The van der Waals surface area contributed by atoms with Crippen molar-refractivity contribution in [3.05, 3.63) is 39.9 Å². The lowest BCUT2D eigenvalue weighted by molar-refractivity contribution is -0.385. The van der Waals surface area contributed by atoms with Crippen LogP contribution >= 0.6 is 0 Å². The highest BCUT2D eigenvalue weighted by Crippen LogP contribution is 2.21. The molecule has 0 aliphatic rings. The molecule has 0 amide bonds. The largest absolute Gasteiger partial charge is 0.466 e. The maximum atomic E-state index is 11.1. The van der Waals surface area contributed by atoms with Crippen LogP contribution < -0.4 is 0 Å². The fourth-order valence-electron chi connectivity index (χ4n) is 1.34. The van der Waals surface area contributed by atoms with Gasteiger partial charge in [0.2, 0.25) is 0 Å². The second-order valence-electron chi connectivity index (χ2n) is 3.38. The molecule has 0 spiro atoms. The van der Waals surface area contributed by atoms with Gasteiger partial charge in [-0.3, -0.25) is 14.9 Å². The topological polar surface area (TPSA) is 89.7 Å². The van der Waals surface area contributed by atoms with Gasteiger partial charge in [-0.15, -0.1) is 0 Å². The van der Waals surface area contributed by atoms with Gasteiger partial charge < -0.3 is 9.84 Å². The zero-order chi connectivity index (χ0) is 12.8. The Morgan fingerprint density at radius 2 is 2.29 bits per heavy atom. The molecule has 92 valence electrons. The van der Waals surface area contributed by atoms with Crippen LogP contribution in [0.25, 0.3) is 0 Å². The molecule has 0 saturated carbocycles. The number of nitrogens with zero attached hydrogens (tertiary/aromatic N) is 1. The van der Waals surface area contributed by atoms with Crippen LogP contribution in [0.3, 0.4) is 0 Å². The molecule has 0 unspecified atom stereocenters. The van der Waals surface area contributed by atoms with Crippen molar-refractivity contribution in [1.82, 2.24) is 0 Å². The minimum absolute atomic E-state index is 0.120. The number of carbonyl (C=O) groups excluding carboxylic acids is 1. The number of rotatable bonds is 5. The Labute approximate surface area is 98.0 Å². The average Bonchev–Trinajstić information content (AvgIpc) is 2.29. The summed E-state index contributed by atoms with van der Waals surface area (Å²) in [5, 5.41) is 20.2. The lowest BCUT2D eigenvalue weighted by Crippen LogP contribution is -2.10. The quantitative estimate of drug-likeness (QED) is 0.478. The van der Waals surface area contributed by atoms with E-state index in [4.69, 9.17) is 0 Å². The molecular formula is C11H13NO5. The predicted molar refractivity (Wildman–Crippen MR) is 59.3 cm³/mol. The van der Waals surface area contributed by atoms with Crippen LogP contribution in [0.15, 0.2) is 24.3 Å². The number of aliphatic hydroxyl groups is 1. The van der Waals surface area contributed by atoms with E-state index in [1.165, 1.54) is 24.3 Å². The first-order valence-corrected chi connectivity index (χ1v) is 5.12. The van der Waals surface area contributed by atoms with E-state index in [0.29, 0.717) is 5.56 Å². The normalized spacial score (nSPS) is 11.9. The summed E-state index contributed by atoms with van der Waals surface area (Å²) in [6.45, 7) is 1.90. The van der Waals surface area contributed by atoms with E-state index in [9.17, 15) is 20.0 Å². The molecule has 1 rings (SSSR count). The van der Waals surface area contributed by atoms with Crippen molar-refractivity contribution in [2.75, 3.05) is 6.61 Å². The molecule has 0 saturated heterocycles. The number of nitro benzene ring substituents is 1. The van der Waals surface area contributed by atoms with E-state index in [0.717, 1.165) is 0 Å². The van der Waals surface area contributed by atoms with Gasteiger partial charge >= 0.3 is 5.97 Å². The Morgan fingerprint density at radius 3 is 2.88 bits per heavy atom. The first kappa shape index (κ1) is 13.1. The lowest BCUT2D eigenvalue weighted by atomic mass is 10.1. The van der Waals surface area contributed by atoms with Crippen LogP contribution in [-0.4, -0.2) is 22.6 Å². The van der Waals surface area contributed by atoms with E-state index in [1.807, 2.05) is 0 Å². The van der Waals surface area contributed by atoms with E-state index >= 15 is 0 Å². The van der Waals surface area contributed by atoms with Gasteiger partial charge in [-0.1, -0.05) is 12.1 Å². The summed E-state index contributed by atoms with van der Waals surface area (Å²) in [4.78, 5) is 21.1. The minimum Gasteiger partial charge on any atom is -0.466 e. The Bertz CT molecular complexity index is 418. The van der Waals surface area contributed by atoms with E-state index in [-0.39, 0.29) is 18.7 Å². The predicted octanol–water partition coefficient (Wildman–Crippen LogP) is 1.58. The fraction of sp³-hybridized carbons (Fsp3) is 0.364. The molecule has 0 aliphatic carbocycles. The second kappa shape index (κ2) is 5.95. The smallest absolute Gasteiger partial charge is 0.308 e. The highest BCUT2D eigenvalue weighted by Gasteiger charge is 2.16. The summed E-state index contributed by atoms with van der Waals surface area (Å²) in [6, 6.07) is 5.54. The van der Waals surface area contributed by atoms with Crippen LogP contribution in [0.5, 0.6) is 0 Å². The van der Waals surface area contributed by atoms with Crippen LogP contribution in [-0.2, 0) is 9.53 Å². The second-order valence-corrected chi connectivity index (χ2v) is 3.38. The van der Waals surface area contributed by atoms with Crippen LogP contribution in [0.2, 0.25) is 0 Å². The highest BCUT2D eigenvalue weighted by atomic mass is 16.6. The monoisotopic (exact) mass is 239 g/mol. The molecule has 0 fully saturated rings. The summed E-state index contributed by atoms with van der Waals surface area (Å²) in [5.74, 6) is -0.536. The minimum atomic E-state index is -1.09. The molecular weight excluding hydrogens is 226 g/mol. The van der Waals surface area contributed by atoms with Crippen LogP contribution in [0.1, 0.15) is 25.0 Å². The Kier molecular flexibility index (Phi) is 4.59. The van der Waals surface area contributed by atoms with Gasteiger partial charge in [0.05, 0.1) is 24.1 Å². The molecule has 0 aliphatic heterocycles. The molecule has 1 atom stereocenters. The number of aliphatic hydroxyl groups excluding tert-OH is 1. The van der Waals surface area contributed by atoms with Gasteiger partial charge in [0.25, 0.3) is 5.69 Å². The number of esters is 1.